The van der Waals surface area contributed by atoms with Crippen molar-refractivity contribution in [2.75, 3.05) is 18.9 Å². The molecule has 2 atom stereocenters. The first-order valence-electron chi connectivity index (χ1n) is 15.1. The second kappa shape index (κ2) is 13.4. The highest BCUT2D eigenvalue weighted by Gasteiger charge is 2.42. The minimum atomic E-state index is -4.14. The molecule has 1 aliphatic carbocycles. The zero-order valence-corrected chi connectivity index (χ0v) is 25.4. The van der Waals surface area contributed by atoms with E-state index in [-0.39, 0.29) is 42.1 Å². The Bertz CT molecular complexity index is 1540. The van der Waals surface area contributed by atoms with E-state index in [0.29, 0.717) is 43.5 Å². The fraction of sp³-hybridized carbons (Fsp3) is 0.455. The smallest absolute Gasteiger partial charge is 0.391 e. The van der Waals surface area contributed by atoms with Gasteiger partial charge >= 0.3 is 6.18 Å². The maximum Gasteiger partial charge on any atom is 0.391 e. The van der Waals surface area contributed by atoms with Crippen molar-refractivity contribution in [2.24, 2.45) is 11.8 Å². The predicted octanol–water partition coefficient (Wildman–Crippen LogP) is 5.81. The zero-order valence-electron chi connectivity index (χ0n) is 24.6. The molecule has 5 rings (SSSR count). The molecular weight excluding hydrogens is 591 g/mol. The normalized spacial score (nSPS) is 21.5. The number of rotatable bonds is 10. The van der Waals surface area contributed by atoms with E-state index in [1.54, 1.807) is 19.1 Å². The van der Waals surface area contributed by atoms with Gasteiger partial charge in [-0.3, -0.25) is 14.7 Å². The van der Waals surface area contributed by atoms with E-state index in [2.05, 4.69) is 10.2 Å². The summed E-state index contributed by atoms with van der Waals surface area (Å²) in [6.07, 6.45) is -0.543. The van der Waals surface area contributed by atoms with Crippen LogP contribution in [0.25, 0.3) is 0 Å². The number of carbonyl (C=O) groups is 1. The molecule has 7 nitrogen and oxygen atoms in total. The predicted molar refractivity (Wildman–Crippen MR) is 160 cm³/mol. The lowest BCUT2D eigenvalue weighted by Gasteiger charge is -2.34. The minimum absolute atomic E-state index is 0.0271. The van der Waals surface area contributed by atoms with Gasteiger partial charge in [0.1, 0.15) is 0 Å². The van der Waals surface area contributed by atoms with Crippen LogP contribution in [0.4, 0.5) is 13.2 Å². The van der Waals surface area contributed by atoms with Crippen molar-refractivity contribution >= 4 is 15.7 Å². The van der Waals surface area contributed by atoms with Gasteiger partial charge in [-0.1, -0.05) is 49.4 Å². The number of alkyl halides is 3. The third-order valence-electron chi connectivity index (χ3n) is 8.98. The molecule has 1 aliphatic heterocycles. The Labute approximate surface area is 256 Å². The van der Waals surface area contributed by atoms with Gasteiger partial charge in [-0.25, -0.2) is 8.42 Å². The number of benzene rings is 2. The molecule has 44 heavy (non-hydrogen) atoms. The van der Waals surface area contributed by atoms with E-state index in [0.717, 1.165) is 16.8 Å². The number of hydrogen-bond acceptors (Lipinski definition) is 6. The first-order chi connectivity index (χ1) is 21.0. The summed E-state index contributed by atoms with van der Waals surface area (Å²) in [6, 6.07) is 17.1. The van der Waals surface area contributed by atoms with Crippen LogP contribution in [0.1, 0.15) is 77.4 Å². The maximum atomic E-state index is 13.3. The van der Waals surface area contributed by atoms with Crippen molar-refractivity contribution in [3.63, 3.8) is 0 Å². The fourth-order valence-corrected chi connectivity index (χ4v) is 7.27. The lowest BCUT2D eigenvalue weighted by Crippen LogP contribution is -2.34. The van der Waals surface area contributed by atoms with Crippen LogP contribution < -0.4 is 5.32 Å². The lowest BCUT2D eigenvalue weighted by atomic mass is 9.81. The summed E-state index contributed by atoms with van der Waals surface area (Å²) < 4.78 is 64.0. The largest absolute Gasteiger partial charge is 0.394 e. The number of nitrogens with zero attached hydrogens (tertiary/aromatic N) is 2. The summed E-state index contributed by atoms with van der Waals surface area (Å²) in [5, 5.41) is 12.8. The van der Waals surface area contributed by atoms with Crippen molar-refractivity contribution in [3.8, 4) is 0 Å². The molecule has 0 saturated heterocycles. The second-order valence-electron chi connectivity index (χ2n) is 11.8. The molecule has 236 valence electrons. The van der Waals surface area contributed by atoms with E-state index >= 15 is 0 Å². The Morgan fingerprint density at radius 2 is 1.75 bits per heavy atom. The van der Waals surface area contributed by atoms with Gasteiger partial charge in [-0.15, -0.1) is 0 Å². The Kier molecular flexibility index (Phi) is 9.77. The monoisotopic (exact) mass is 629 g/mol. The van der Waals surface area contributed by atoms with Crippen LogP contribution in [-0.4, -0.2) is 54.4 Å². The summed E-state index contributed by atoms with van der Waals surface area (Å²) in [6.45, 7) is 2.39. The molecule has 0 spiro atoms. The molecule has 1 aromatic heterocycles. The number of aromatic nitrogens is 1. The van der Waals surface area contributed by atoms with Crippen LogP contribution in [0.5, 0.6) is 0 Å². The Morgan fingerprint density at radius 3 is 2.36 bits per heavy atom. The molecule has 2 aromatic carbocycles. The highest BCUT2D eigenvalue weighted by molar-refractivity contribution is 7.91. The third kappa shape index (κ3) is 7.33. The van der Waals surface area contributed by atoms with E-state index in [9.17, 15) is 31.5 Å². The number of aliphatic hydroxyl groups excluding tert-OH is 1. The van der Waals surface area contributed by atoms with Gasteiger partial charge in [0.05, 0.1) is 46.5 Å². The molecule has 1 fully saturated rings. The van der Waals surface area contributed by atoms with Gasteiger partial charge in [-0.2, -0.15) is 13.2 Å². The number of nitrogens with one attached hydrogen (secondary N) is 1. The molecule has 2 aliphatic rings. The summed E-state index contributed by atoms with van der Waals surface area (Å²) in [4.78, 5) is 20.5. The molecule has 3 aromatic rings. The van der Waals surface area contributed by atoms with E-state index < -0.39 is 33.9 Å². The number of aliphatic hydroxyl groups is 1. The molecule has 1 saturated carbocycles. The van der Waals surface area contributed by atoms with E-state index in [1.807, 2.05) is 36.4 Å². The van der Waals surface area contributed by atoms with E-state index in [1.165, 1.54) is 18.3 Å². The molecule has 11 heteroatoms. The van der Waals surface area contributed by atoms with Crippen LogP contribution in [0, 0.1) is 11.8 Å². The molecule has 1 amide bonds. The quantitative estimate of drug-likeness (QED) is 0.294. The third-order valence-corrected chi connectivity index (χ3v) is 10.7. The summed E-state index contributed by atoms with van der Waals surface area (Å²) in [5.41, 5.74) is 3.79. The van der Waals surface area contributed by atoms with Gasteiger partial charge in [0.2, 0.25) is 0 Å². The van der Waals surface area contributed by atoms with Crippen molar-refractivity contribution in [1.82, 2.24) is 15.2 Å². The van der Waals surface area contributed by atoms with Crippen LogP contribution in [-0.2, 0) is 22.8 Å². The average Bonchev–Trinajstić information content (AvgIpc) is 3.35. The molecule has 2 N–H and O–H groups in total. The maximum absolute atomic E-state index is 13.3. The molecule has 0 radical (unpaired) electrons. The first kappa shape index (κ1) is 32.1. The van der Waals surface area contributed by atoms with Crippen LogP contribution >= 0.6 is 0 Å². The second-order valence-corrected chi connectivity index (χ2v) is 14.1. The van der Waals surface area contributed by atoms with Crippen molar-refractivity contribution in [1.29, 1.82) is 0 Å². The van der Waals surface area contributed by atoms with Gasteiger partial charge in [0, 0.05) is 19.3 Å². The topological polar surface area (TPSA) is 99.6 Å². The Hall–Kier alpha value is -3.28. The van der Waals surface area contributed by atoms with Crippen molar-refractivity contribution in [2.45, 2.75) is 68.7 Å². The first-order valence-corrected chi connectivity index (χ1v) is 16.7. The average molecular weight is 630 g/mol. The fourth-order valence-electron chi connectivity index (χ4n) is 6.38. The van der Waals surface area contributed by atoms with Gasteiger partial charge in [0.15, 0.2) is 9.84 Å². The highest BCUT2D eigenvalue weighted by Crippen LogP contribution is 2.42. The Balaban J connectivity index is 1.31. The minimum Gasteiger partial charge on any atom is -0.394 e. The van der Waals surface area contributed by atoms with Crippen LogP contribution in [0.15, 0.2) is 71.8 Å². The van der Waals surface area contributed by atoms with Gasteiger partial charge in [0.25, 0.3) is 5.91 Å². The molecule has 2 heterocycles. The SMILES string of the molecule is CCS(=O)(=O)c1ccc([C@H](CO)NC(=O)c2cnc3c(c2)CN(C[C@H]2CC[C@H](C(F)(F)F)CC2)[C@@H]3Cc2ccccc2)cc1. The number of carbonyl (C=O) groups excluding carboxylic acids is 1. The Morgan fingerprint density at radius 1 is 1.07 bits per heavy atom. The highest BCUT2D eigenvalue weighted by atomic mass is 32.2. The number of fused-ring (bicyclic) bond motifs is 1. The van der Waals surface area contributed by atoms with Crippen LogP contribution in [0.3, 0.4) is 0 Å². The molecular formula is C33H38F3N3O4S. The number of halogens is 3. The van der Waals surface area contributed by atoms with Crippen molar-refractivity contribution in [3.05, 3.63) is 94.8 Å². The summed E-state index contributed by atoms with van der Waals surface area (Å²) in [5.74, 6) is -1.51. The summed E-state index contributed by atoms with van der Waals surface area (Å²) >= 11 is 0. The molecule has 0 unspecified atom stereocenters. The van der Waals surface area contributed by atoms with E-state index in [4.69, 9.17) is 4.98 Å². The van der Waals surface area contributed by atoms with Crippen molar-refractivity contribution < 1.29 is 31.5 Å². The molecule has 0 bridgehead atoms. The zero-order chi connectivity index (χ0) is 31.5. The number of pyridine rings is 1. The number of sulfone groups is 1. The van der Waals surface area contributed by atoms with Gasteiger partial charge < -0.3 is 10.4 Å². The number of amides is 1. The standard InChI is InChI=1S/C33H38F3N3O4S/c1-2-44(42,43)28-14-10-24(11-15-28)29(21-40)38-32(41)25-17-26-20-39(19-23-8-12-27(13-9-23)33(34,35)36)30(31(26)37-18-25)16-22-6-4-3-5-7-22/h3-7,10-11,14-15,17-18,23,27,29-30,40H,2,8-9,12-13,16,19-21H2,1H3,(H,38,41)/t23-,27-,29-,30+/m0/s1. The van der Waals surface area contributed by atoms with Gasteiger partial charge in [-0.05, 0) is 72.9 Å². The number of hydrogen-bond donors (Lipinski definition) is 2. The lowest BCUT2D eigenvalue weighted by molar-refractivity contribution is -0.184. The van der Waals surface area contributed by atoms with Crippen LogP contribution in [0.2, 0.25) is 0 Å². The summed E-state index contributed by atoms with van der Waals surface area (Å²) in [7, 11) is -3.37.